The van der Waals surface area contributed by atoms with Crippen molar-refractivity contribution in [1.82, 2.24) is 9.47 Å². The highest BCUT2D eigenvalue weighted by molar-refractivity contribution is 7.92. The molecule has 174 valence electrons. The molecule has 2 heterocycles. The number of sulfone groups is 1. The summed E-state index contributed by atoms with van der Waals surface area (Å²) in [6, 6.07) is 12.0. The number of carbonyl (C=O) groups is 2. The van der Waals surface area contributed by atoms with Gasteiger partial charge in [-0.05, 0) is 43.2 Å². The molecule has 3 aromatic rings. The first-order chi connectivity index (χ1) is 15.8. The number of para-hydroxylation sites is 1. The van der Waals surface area contributed by atoms with Crippen molar-refractivity contribution in [3.8, 4) is 0 Å². The number of nitrogens with zero attached hydrogens (tertiary/aromatic N) is 2. The molecule has 1 fully saturated rings. The van der Waals surface area contributed by atoms with Crippen molar-refractivity contribution in [3.63, 3.8) is 0 Å². The summed E-state index contributed by atoms with van der Waals surface area (Å²) in [6.07, 6.45) is 5.61. The van der Waals surface area contributed by atoms with E-state index < -0.39 is 27.3 Å². The molecule has 1 aromatic heterocycles. The van der Waals surface area contributed by atoms with E-state index in [9.17, 15) is 22.4 Å². The molecule has 0 bridgehead atoms. The second-order valence-electron chi connectivity index (χ2n) is 8.25. The van der Waals surface area contributed by atoms with Crippen LogP contribution in [0.4, 0.5) is 10.1 Å². The van der Waals surface area contributed by atoms with Crippen LogP contribution >= 0.6 is 0 Å². The third-order valence-electron chi connectivity index (χ3n) is 5.80. The van der Waals surface area contributed by atoms with Crippen molar-refractivity contribution < 1.29 is 22.4 Å². The van der Waals surface area contributed by atoms with Crippen LogP contribution in [0.3, 0.4) is 0 Å². The van der Waals surface area contributed by atoms with Crippen LogP contribution in [-0.2, 0) is 26.0 Å². The summed E-state index contributed by atoms with van der Waals surface area (Å²) in [4.78, 5) is 27.1. The van der Waals surface area contributed by atoms with Crippen LogP contribution in [0, 0.1) is 5.82 Å². The van der Waals surface area contributed by atoms with Crippen LogP contribution in [-0.4, -0.2) is 48.5 Å². The molecule has 2 aromatic carbocycles. The van der Waals surface area contributed by atoms with E-state index in [0.29, 0.717) is 29.7 Å². The Bertz CT molecular complexity index is 1260. The molecule has 33 heavy (non-hydrogen) atoms. The largest absolute Gasteiger partial charge is 0.341 e. The normalized spacial score (nSPS) is 14.8. The number of amides is 2. The van der Waals surface area contributed by atoms with E-state index in [0.717, 1.165) is 25.7 Å². The fourth-order valence-electron chi connectivity index (χ4n) is 4.14. The predicted octanol–water partition coefficient (Wildman–Crippen LogP) is 3.60. The van der Waals surface area contributed by atoms with Crippen LogP contribution in [0.2, 0.25) is 0 Å². The van der Waals surface area contributed by atoms with Gasteiger partial charge in [-0.1, -0.05) is 31.0 Å². The van der Waals surface area contributed by atoms with Gasteiger partial charge >= 0.3 is 0 Å². The lowest BCUT2D eigenvalue weighted by Gasteiger charge is -2.20. The Kier molecular flexibility index (Phi) is 6.78. The molecule has 1 N–H and O–H groups in total. The van der Waals surface area contributed by atoms with E-state index in [1.165, 1.54) is 30.5 Å². The standard InChI is InChI=1S/C24H26FN3O4S/c25-18-9-11-19(12-10-18)26-23(29)17-33(31,32)22-15-28(21-8-4-3-7-20(21)22)16-24(30)27-13-5-1-2-6-14-27/h3-4,7-12,15H,1-2,5-6,13-14,16-17H2,(H,26,29). The number of hydrogen-bond acceptors (Lipinski definition) is 4. The average molecular weight is 472 g/mol. The number of anilines is 1. The van der Waals surface area contributed by atoms with E-state index >= 15 is 0 Å². The molecule has 0 radical (unpaired) electrons. The van der Waals surface area contributed by atoms with Gasteiger partial charge in [-0.2, -0.15) is 0 Å². The topological polar surface area (TPSA) is 88.5 Å². The van der Waals surface area contributed by atoms with E-state index in [4.69, 9.17) is 0 Å². The zero-order valence-electron chi connectivity index (χ0n) is 18.2. The number of fused-ring (bicyclic) bond motifs is 1. The molecular formula is C24H26FN3O4S. The van der Waals surface area contributed by atoms with Gasteiger partial charge in [0.1, 0.15) is 18.1 Å². The van der Waals surface area contributed by atoms with Crippen molar-refractivity contribution >= 4 is 38.2 Å². The molecule has 1 aliphatic rings. The van der Waals surface area contributed by atoms with Crippen molar-refractivity contribution in [1.29, 1.82) is 0 Å². The Morgan fingerprint density at radius 1 is 0.939 bits per heavy atom. The monoisotopic (exact) mass is 471 g/mol. The third-order valence-corrected chi connectivity index (χ3v) is 7.44. The zero-order chi connectivity index (χ0) is 23.4. The molecular weight excluding hydrogens is 445 g/mol. The van der Waals surface area contributed by atoms with Gasteiger partial charge in [0.15, 0.2) is 9.84 Å². The van der Waals surface area contributed by atoms with Gasteiger partial charge in [-0.25, -0.2) is 12.8 Å². The molecule has 0 atom stereocenters. The Morgan fingerprint density at radius 2 is 1.61 bits per heavy atom. The minimum Gasteiger partial charge on any atom is -0.341 e. The maximum absolute atomic E-state index is 13.1. The molecule has 2 amide bonds. The van der Waals surface area contributed by atoms with Crippen LogP contribution < -0.4 is 5.32 Å². The number of rotatable bonds is 6. The fourth-order valence-corrected chi connectivity index (χ4v) is 5.51. The van der Waals surface area contributed by atoms with Gasteiger partial charge in [0, 0.05) is 35.9 Å². The minimum absolute atomic E-state index is 0.0102. The molecule has 0 spiro atoms. The quantitative estimate of drug-likeness (QED) is 0.595. The molecule has 7 nitrogen and oxygen atoms in total. The highest BCUT2D eigenvalue weighted by Gasteiger charge is 2.25. The van der Waals surface area contributed by atoms with Gasteiger partial charge in [0.05, 0.1) is 4.90 Å². The fraction of sp³-hybridized carbons (Fsp3) is 0.333. The summed E-state index contributed by atoms with van der Waals surface area (Å²) in [5.41, 5.74) is 0.931. The van der Waals surface area contributed by atoms with Crippen LogP contribution in [0.1, 0.15) is 25.7 Å². The molecule has 0 aliphatic carbocycles. The average Bonchev–Trinajstić information content (AvgIpc) is 2.95. The van der Waals surface area contributed by atoms with Crippen molar-refractivity contribution in [2.24, 2.45) is 0 Å². The number of likely N-dealkylation sites (tertiary alicyclic amines) is 1. The maximum Gasteiger partial charge on any atom is 0.242 e. The lowest BCUT2D eigenvalue weighted by atomic mass is 10.2. The zero-order valence-corrected chi connectivity index (χ0v) is 19.0. The number of hydrogen-bond donors (Lipinski definition) is 1. The van der Waals surface area contributed by atoms with Gasteiger partial charge in [0.2, 0.25) is 11.8 Å². The number of nitrogens with one attached hydrogen (secondary N) is 1. The second kappa shape index (κ2) is 9.74. The van der Waals surface area contributed by atoms with Crippen LogP contribution in [0.5, 0.6) is 0 Å². The van der Waals surface area contributed by atoms with Crippen LogP contribution in [0.15, 0.2) is 59.6 Å². The summed E-state index contributed by atoms with van der Waals surface area (Å²) >= 11 is 0. The Hall–Kier alpha value is -3.20. The van der Waals surface area contributed by atoms with E-state index in [-0.39, 0.29) is 17.3 Å². The van der Waals surface area contributed by atoms with Crippen molar-refractivity contribution in [2.45, 2.75) is 37.1 Å². The number of carbonyl (C=O) groups excluding carboxylic acids is 2. The Labute approximate surface area is 192 Å². The summed E-state index contributed by atoms with van der Waals surface area (Å²) in [6.45, 7) is 1.47. The third kappa shape index (κ3) is 5.42. The molecule has 0 unspecified atom stereocenters. The number of halogens is 1. The number of aromatic nitrogens is 1. The lowest BCUT2D eigenvalue weighted by Crippen LogP contribution is -2.34. The van der Waals surface area contributed by atoms with Gasteiger partial charge in [0.25, 0.3) is 0 Å². The number of benzene rings is 2. The van der Waals surface area contributed by atoms with Crippen molar-refractivity contribution in [3.05, 3.63) is 60.5 Å². The Morgan fingerprint density at radius 3 is 2.30 bits per heavy atom. The van der Waals surface area contributed by atoms with Crippen molar-refractivity contribution in [2.75, 3.05) is 24.2 Å². The SMILES string of the molecule is O=C(CS(=O)(=O)c1cn(CC(=O)N2CCCCCC2)c2ccccc12)Nc1ccc(F)cc1. The molecule has 0 saturated carbocycles. The highest BCUT2D eigenvalue weighted by Crippen LogP contribution is 2.27. The molecule has 1 saturated heterocycles. The summed E-state index contributed by atoms with van der Waals surface area (Å²) in [7, 11) is -3.99. The molecule has 1 aliphatic heterocycles. The van der Waals surface area contributed by atoms with Crippen LogP contribution in [0.25, 0.3) is 10.9 Å². The lowest BCUT2D eigenvalue weighted by molar-refractivity contribution is -0.131. The van der Waals surface area contributed by atoms with E-state index in [1.54, 1.807) is 28.8 Å². The van der Waals surface area contributed by atoms with Gasteiger partial charge in [-0.15, -0.1) is 0 Å². The second-order valence-corrected chi connectivity index (χ2v) is 10.2. The molecule has 9 heteroatoms. The smallest absolute Gasteiger partial charge is 0.242 e. The maximum atomic E-state index is 13.1. The first-order valence-electron chi connectivity index (χ1n) is 11.0. The predicted molar refractivity (Wildman–Crippen MR) is 124 cm³/mol. The highest BCUT2D eigenvalue weighted by atomic mass is 32.2. The molecule has 4 rings (SSSR count). The summed E-state index contributed by atoms with van der Waals surface area (Å²) in [5.74, 6) is -1.99. The van der Waals surface area contributed by atoms with E-state index in [1.807, 2.05) is 4.90 Å². The first kappa shape index (κ1) is 23.0. The van der Waals surface area contributed by atoms with E-state index in [2.05, 4.69) is 5.32 Å². The summed E-state index contributed by atoms with van der Waals surface area (Å²) in [5, 5.41) is 2.95. The minimum atomic E-state index is -3.99. The van der Waals surface area contributed by atoms with Gasteiger partial charge < -0.3 is 14.8 Å². The first-order valence-corrected chi connectivity index (χ1v) is 12.6. The summed E-state index contributed by atoms with van der Waals surface area (Å²) < 4.78 is 40.9. The van der Waals surface area contributed by atoms with Gasteiger partial charge in [-0.3, -0.25) is 9.59 Å². The Balaban J connectivity index is 1.56.